The maximum Gasteiger partial charge on any atom is 0.278 e. The fourth-order valence-electron chi connectivity index (χ4n) is 3.53. The molecule has 4 heteroatoms. The average Bonchev–Trinajstić information content (AvgIpc) is 2.67. The van der Waals surface area contributed by atoms with Gasteiger partial charge >= 0.3 is 0 Å². The van der Waals surface area contributed by atoms with E-state index in [-0.39, 0.29) is 18.0 Å². The topological polar surface area (TPSA) is 38.0 Å². The van der Waals surface area contributed by atoms with Crippen molar-refractivity contribution >= 4 is 5.91 Å². The fraction of sp³-hybridized carbons (Fsp3) is 0.381. The van der Waals surface area contributed by atoms with E-state index in [1.165, 1.54) is 4.90 Å². The molecule has 0 saturated carbocycles. The number of benzene rings is 2. The molecule has 4 nitrogen and oxygen atoms in total. The van der Waals surface area contributed by atoms with Gasteiger partial charge in [0, 0.05) is 0 Å². The Hall–Kier alpha value is -2.17. The number of quaternary nitrogens is 2. The molecule has 0 radical (unpaired) electrons. The van der Waals surface area contributed by atoms with Crippen molar-refractivity contribution in [3.8, 4) is 0 Å². The van der Waals surface area contributed by atoms with Gasteiger partial charge in [-0.25, -0.2) is 0 Å². The van der Waals surface area contributed by atoms with Crippen molar-refractivity contribution in [2.45, 2.75) is 19.0 Å². The van der Waals surface area contributed by atoms with E-state index in [9.17, 15) is 4.79 Å². The van der Waals surface area contributed by atoms with Crippen molar-refractivity contribution in [1.29, 1.82) is 0 Å². The highest BCUT2D eigenvalue weighted by atomic mass is 16.2. The first-order valence-electron chi connectivity index (χ1n) is 9.21. The molecule has 1 heterocycles. The summed E-state index contributed by atoms with van der Waals surface area (Å²) in [6, 6.07) is 20.3. The minimum absolute atomic E-state index is 0.0250. The molecule has 1 aliphatic rings. The third-order valence-electron chi connectivity index (χ3n) is 5.30. The van der Waals surface area contributed by atoms with Crippen molar-refractivity contribution in [3.63, 3.8) is 0 Å². The van der Waals surface area contributed by atoms with Gasteiger partial charge in [0.15, 0.2) is 6.04 Å². The van der Waals surface area contributed by atoms with Gasteiger partial charge in [0.1, 0.15) is 26.2 Å². The lowest BCUT2D eigenvalue weighted by Gasteiger charge is -2.31. The zero-order chi connectivity index (χ0) is 17.6. The van der Waals surface area contributed by atoms with Crippen LogP contribution in [0, 0.1) is 0 Å². The molecule has 0 aromatic heterocycles. The summed E-state index contributed by atoms with van der Waals surface area (Å²) in [6.07, 6.45) is 0. The van der Waals surface area contributed by atoms with E-state index in [0.29, 0.717) is 0 Å². The minimum atomic E-state index is -0.102. The van der Waals surface area contributed by atoms with Crippen LogP contribution in [0.3, 0.4) is 0 Å². The molecule has 0 bridgehead atoms. The Morgan fingerprint density at radius 1 is 0.880 bits per heavy atom. The molecule has 1 amide bonds. The summed E-state index contributed by atoms with van der Waals surface area (Å²) in [5.74, 6) is 0.132. The summed E-state index contributed by atoms with van der Waals surface area (Å²) < 4.78 is 0. The summed E-state index contributed by atoms with van der Waals surface area (Å²) in [6.45, 7) is 6.43. The first-order chi connectivity index (χ1) is 12.1. The van der Waals surface area contributed by atoms with E-state index >= 15 is 0 Å². The summed E-state index contributed by atoms with van der Waals surface area (Å²) in [4.78, 5) is 15.9. The van der Waals surface area contributed by atoms with Crippen molar-refractivity contribution in [2.24, 2.45) is 0 Å². The van der Waals surface area contributed by atoms with Crippen LogP contribution in [0.2, 0.25) is 0 Å². The number of likely N-dealkylation sites (N-methyl/N-ethyl adjacent to an activating group) is 1. The van der Waals surface area contributed by atoms with E-state index in [1.54, 1.807) is 4.90 Å². The number of nitrogens with one attached hydrogen (secondary N) is 3. The molecule has 2 aromatic rings. The van der Waals surface area contributed by atoms with Gasteiger partial charge < -0.3 is 15.1 Å². The van der Waals surface area contributed by atoms with Gasteiger partial charge in [-0.05, 0) is 18.1 Å². The molecule has 132 valence electrons. The second kappa shape index (κ2) is 8.28. The Labute approximate surface area is 150 Å². The Bertz CT molecular complexity index is 627. The molecule has 1 atom stereocenters. The van der Waals surface area contributed by atoms with E-state index in [0.717, 1.165) is 37.3 Å². The van der Waals surface area contributed by atoms with Crippen LogP contribution >= 0.6 is 0 Å². The molecule has 1 aliphatic heterocycles. The number of hydrogen-bond donors (Lipinski definition) is 3. The lowest BCUT2D eigenvalue weighted by molar-refractivity contribution is -1.01. The van der Waals surface area contributed by atoms with Crippen LogP contribution in [0.15, 0.2) is 60.7 Å². The molecule has 25 heavy (non-hydrogen) atoms. The Balaban J connectivity index is 1.75. The summed E-state index contributed by atoms with van der Waals surface area (Å²) >= 11 is 0. The molecular formula is C21H29N3O+2. The quantitative estimate of drug-likeness (QED) is 0.687. The normalized spacial score (nSPS) is 21.7. The van der Waals surface area contributed by atoms with Crippen molar-refractivity contribution < 1.29 is 14.6 Å². The number of carbonyl (C=O) groups is 1. The van der Waals surface area contributed by atoms with Crippen LogP contribution in [0.1, 0.15) is 24.1 Å². The average molecular weight is 339 g/mol. The van der Waals surface area contributed by atoms with Crippen LogP contribution in [-0.2, 0) is 4.79 Å². The Morgan fingerprint density at radius 3 is 1.84 bits per heavy atom. The highest BCUT2D eigenvalue weighted by molar-refractivity contribution is 5.80. The van der Waals surface area contributed by atoms with Crippen LogP contribution in [0.25, 0.3) is 0 Å². The maximum atomic E-state index is 12.9. The lowest BCUT2D eigenvalue weighted by Crippen LogP contribution is -3.29. The molecule has 0 unspecified atom stereocenters. The molecule has 2 aromatic carbocycles. The number of piperazine rings is 1. The van der Waals surface area contributed by atoms with E-state index < -0.39 is 0 Å². The zero-order valence-corrected chi connectivity index (χ0v) is 15.2. The summed E-state index contributed by atoms with van der Waals surface area (Å²) in [5.41, 5.74) is 2.24. The Kier molecular flexibility index (Phi) is 5.84. The number of amides is 1. The van der Waals surface area contributed by atoms with E-state index in [4.69, 9.17) is 0 Å². The standard InChI is InChI=1S/C21H27N3O/c1-17(24-15-13-23(2)14-16-24)21(25)22-20(18-9-5-3-6-10-18)19-11-7-4-8-12-19/h3-12,17,20H,13-16H2,1-2H3,(H,22,25)/p+2/t17-/m1/s1. The smallest absolute Gasteiger partial charge is 0.278 e. The molecule has 3 N–H and O–H groups in total. The van der Waals surface area contributed by atoms with Crippen LogP contribution < -0.4 is 15.1 Å². The highest BCUT2D eigenvalue weighted by Gasteiger charge is 2.31. The minimum Gasteiger partial charge on any atom is -0.340 e. The van der Waals surface area contributed by atoms with Gasteiger partial charge in [-0.15, -0.1) is 0 Å². The maximum absolute atomic E-state index is 12.9. The molecule has 0 spiro atoms. The molecule has 0 aliphatic carbocycles. The van der Waals surface area contributed by atoms with Gasteiger partial charge in [-0.1, -0.05) is 60.7 Å². The van der Waals surface area contributed by atoms with Gasteiger partial charge in [-0.2, -0.15) is 0 Å². The van der Waals surface area contributed by atoms with Gasteiger partial charge in [0.25, 0.3) is 5.91 Å². The van der Waals surface area contributed by atoms with Gasteiger partial charge in [-0.3, -0.25) is 4.79 Å². The lowest BCUT2D eigenvalue weighted by atomic mass is 9.98. The highest BCUT2D eigenvalue weighted by Crippen LogP contribution is 2.21. The SMILES string of the molecule is C[C@H](C(=O)NC(c1ccccc1)c1ccccc1)[NH+]1CC[NH+](C)CC1. The number of carbonyl (C=O) groups excluding carboxylic acids is 1. The molecule has 1 saturated heterocycles. The molecule has 3 rings (SSSR count). The second-order valence-corrected chi connectivity index (χ2v) is 7.10. The van der Waals surface area contributed by atoms with E-state index in [1.807, 2.05) is 36.4 Å². The van der Waals surface area contributed by atoms with Crippen LogP contribution in [-0.4, -0.2) is 45.2 Å². The second-order valence-electron chi connectivity index (χ2n) is 7.10. The predicted molar refractivity (Wildman–Crippen MR) is 99.6 cm³/mol. The number of rotatable bonds is 5. The van der Waals surface area contributed by atoms with E-state index in [2.05, 4.69) is 43.6 Å². The van der Waals surface area contributed by atoms with Crippen molar-refractivity contribution in [3.05, 3.63) is 71.8 Å². The zero-order valence-electron chi connectivity index (χ0n) is 15.2. The largest absolute Gasteiger partial charge is 0.340 e. The van der Waals surface area contributed by atoms with Gasteiger partial charge in [0.05, 0.1) is 13.1 Å². The molecular weight excluding hydrogens is 310 g/mol. The summed E-state index contributed by atoms with van der Waals surface area (Å²) in [5, 5.41) is 3.29. The van der Waals surface area contributed by atoms with Gasteiger partial charge in [0.2, 0.25) is 0 Å². The van der Waals surface area contributed by atoms with Crippen LogP contribution in [0.4, 0.5) is 0 Å². The summed E-state index contributed by atoms with van der Waals surface area (Å²) in [7, 11) is 2.22. The first kappa shape index (κ1) is 17.6. The Morgan fingerprint density at radius 2 is 1.36 bits per heavy atom. The van der Waals surface area contributed by atoms with Crippen molar-refractivity contribution in [2.75, 3.05) is 33.2 Å². The number of hydrogen-bond acceptors (Lipinski definition) is 1. The van der Waals surface area contributed by atoms with Crippen molar-refractivity contribution in [1.82, 2.24) is 5.32 Å². The molecule has 1 fully saturated rings. The third kappa shape index (κ3) is 4.47. The first-order valence-corrected chi connectivity index (χ1v) is 9.21. The predicted octanol–water partition coefficient (Wildman–Crippen LogP) is -0.306. The third-order valence-corrected chi connectivity index (χ3v) is 5.30. The fourth-order valence-corrected chi connectivity index (χ4v) is 3.53. The van der Waals surface area contributed by atoms with Crippen LogP contribution in [0.5, 0.6) is 0 Å². The monoisotopic (exact) mass is 339 g/mol.